The van der Waals surface area contributed by atoms with Crippen LogP contribution in [0.3, 0.4) is 0 Å². The molecule has 1 heterocycles. The Morgan fingerprint density at radius 3 is 2.32 bits per heavy atom. The van der Waals surface area contributed by atoms with Crippen molar-refractivity contribution in [3.05, 3.63) is 65.7 Å². The fraction of sp³-hybridized carbons (Fsp3) is 0.458. The number of carbonyl (C=O) groups is 1. The van der Waals surface area contributed by atoms with Gasteiger partial charge in [0.15, 0.2) is 6.29 Å². The second kappa shape index (κ2) is 11.9. The molecule has 2 aromatic carbocycles. The third kappa shape index (κ3) is 7.08. The van der Waals surface area contributed by atoms with E-state index in [0.29, 0.717) is 19.3 Å². The Labute approximate surface area is 199 Å². The third-order valence-electron chi connectivity index (χ3n) is 5.71. The summed E-state index contributed by atoms with van der Waals surface area (Å²) in [6, 6.07) is 14.2. The van der Waals surface area contributed by atoms with Crippen molar-refractivity contribution in [1.29, 1.82) is 0 Å². The van der Waals surface area contributed by atoms with E-state index in [-0.39, 0.29) is 17.9 Å². The van der Waals surface area contributed by atoms with Crippen molar-refractivity contribution >= 4 is 16.0 Å². The van der Waals surface area contributed by atoms with Crippen molar-refractivity contribution in [3.8, 4) is 0 Å². The largest absolute Gasteiger partial charge is 0.460 e. The van der Waals surface area contributed by atoms with Gasteiger partial charge < -0.3 is 24.8 Å². The van der Waals surface area contributed by atoms with Crippen molar-refractivity contribution in [2.75, 3.05) is 0 Å². The molecule has 0 bridgehead atoms. The lowest BCUT2D eigenvalue weighted by atomic mass is 10.0. The summed E-state index contributed by atoms with van der Waals surface area (Å²) in [5.74, 6) is -0.692. The molecule has 10 heteroatoms. The van der Waals surface area contributed by atoms with Crippen LogP contribution in [0.1, 0.15) is 36.8 Å². The molecule has 186 valence electrons. The van der Waals surface area contributed by atoms with Gasteiger partial charge in [0.25, 0.3) is 0 Å². The topological polar surface area (TPSA) is 142 Å². The lowest BCUT2D eigenvalue weighted by Gasteiger charge is -2.19. The lowest BCUT2D eigenvalue weighted by molar-refractivity contribution is -0.147. The van der Waals surface area contributed by atoms with Crippen molar-refractivity contribution < 1.29 is 38.0 Å². The number of hydrogen-bond donors (Lipinski definition) is 4. The minimum absolute atomic E-state index is 0.0142. The molecule has 5 atom stereocenters. The highest BCUT2D eigenvalue weighted by Gasteiger charge is 2.41. The first-order chi connectivity index (χ1) is 16.2. The molecule has 1 aliphatic heterocycles. The number of rotatable bonds is 11. The first kappa shape index (κ1) is 26.3. The summed E-state index contributed by atoms with van der Waals surface area (Å²) in [5, 5.41) is 29.0. The predicted octanol–water partition coefficient (Wildman–Crippen LogP) is 1.38. The van der Waals surface area contributed by atoms with Crippen molar-refractivity contribution in [2.24, 2.45) is 0 Å². The standard InChI is InChI=1S/C24H31NO8S/c1-16-11-13-18(14-12-16)34(30,31)25-19(23(28)32-15-17-7-3-2-4-8-17)9-5-6-10-20-21(26)22(27)24(29)33-20/h2-4,7-8,11-14,19-22,24-27,29H,5-6,9-10,15H2,1H3/t19-,20+,21+,22+,24?/m0/s1. The molecule has 1 unspecified atom stereocenters. The highest BCUT2D eigenvalue weighted by atomic mass is 32.2. The van der Waals surface area contributed by atoms with Gasteiger partial charge in [-0.3, -0.25) is 4.79 Å². The molecular formula is C24H31NO8S. The molecule has 3 rings (SSSR count). The van der Waals surface area contributed by atoms with E-state index in [1.54, 1.807) is 24.3 Å². The van der Waals surface area contributed by atoms with Gasteiger partial charge in [-0.1, -0.05) is 60.9 Å². The summed E-state index contributed by atoms with van der Waals surface area (Å²) in [5.41, 5.74) is 1.69. The van der Waals surface area contributed by atoms with Gasteiger partial charge in [0, 0.05) is 0 Å². The Morgan fingerprint density at radius 2 is 1.71 bits per heavy atom. The highest BCUT2D eigenvalue weighted by molar-refractivity contribution is 7.89. The Hall–Kier alpha value is -2.34. The molecule has 0 aliphatic carbocycles. The third-order valence-corrected chi connectivity index (χ3v) is 7.19. The number of aryl methyl sites for hydroxylation is 1. The van der Waals surface area contributed by atoms with Crippen molar-refractivity contribution in [1.82, 2.24) is 4.72 Å². The second-order valence-electron chi connectivity index (χ2n) is 8.41. The Balaban J connectivity index is 1.62. The van der Waals surface area contributed by atoms with E-state index in [2.05, 4.69) is 4.72 Å². The van der Waals surface area contributed by atoms with Crippen LogP contribution < -0.4 is 4.72 Å². The fourth-order valence-electron chi connectivity index (χ4n) is 3.69. The van der Waals surface area contributed by atoms with E-state index in [1.807, 2.05) is 25.1 Å². The quantitative estimate of drug-likeness (QED) is 0.272. The molecule has 0 radical (unpaired) electrons. The summed E-state index contributed by atoms with van der Waals surface area (Å²) in [7, 11) is -3.96. The second-order valence-corrected chi connectivity index (χ2v) is 10.1. The Morgan fingerprint density at radius 1 is 1.03 bits per heavy atom. The van der Waals surface area contributed by atoms with Crippen LogP contribution in [0.2, 0.25) is 0 Å². The fourth-order valence-corrected chi connectivity index (χ4v) is 4.91. The van der Waals surface area contributed by atoms with Gasteiger partial charge in [-0.15, -0.1) is 0 Å². The maximum absolute atomic E-state index is 12.9. The SMILES string of the molecule is Cc1ccc(S(=O)(=O)N[C@@H](CCCC[C@H]2OC(O)[C@H](O)[C@@H]2O)C(=O)OCc2ccccc2)cc1. The normalized spacial score (nSPS) is 23.5. The molecule has 34 heavy (non-hydrogen) atoms. The number of hydrogen-bond acceptors (Lipinski definition) is 8. The summed E-state index contributed by atoms with van der Waals surface area (Å²) >= 11 is 0. The number of carbonyl (C=O) groups excluding carboxylic acids is 1. The summed E-state index contributed by atoms with van der Waals surface area (Å²) in [6.45, 7) is 1.86. The van der Waals surface area contributed by atoms with Gasteiger partial charge in [-0.05, 0) is 37.5 Å². The van der Waals surface area contributed by atoms with Crippen LogP contribution in [0.25, 0.3) is 0 Å². The molecule has 1 aliphatic rings. The maximum atomic E-state index is 12.9. The zero-order chi connectivity index (χ0) is 24.7. The number of esters is 1. The lowest BCUT2D eigenvalue weighted by Crippen LogP contribution is -2.41. The van der Waals surface area contributed by atoms with Crippen molar-refractivity contribution in [2.45, 2.75) is 74.8 Å². The molecule has 0 spiro atoms. The molecule has 1 saturated heterocycles. The number of unbranched alkanes of at least 4 members (excludes halogenated alkanes) is 1. The van der Waals surface area contributed by atoms with E-state index in [9.17, 15) is 28.5 Å². The highest BCUT2D eigenvalue weighted by Crippen LogP contribution is 2.24. The number of sulfonamides is 1. The van der Waals surface area contributed by atoms with Gasteiger partial charge in [0.1, 0.15) is 24.9 Å². The average molecular weight is 494 g/mol. The zero-order valence-electron chi connectivity index (χ0n) is 18.9. The Kier molecular flexibility index (Phi) is 9.17. The minimum atomic E-state index is -3.96. The number of aliphatic hydroxyl groups excluding tert-OH is 3. The summed E-state index contributed by atoms with van der Waals surface area (Å²) in [4.78, 5) is 12.8. The molecule has 0 amide bonds. The number of nitrogens with one attached hydrogen (secondary N) is 1. The van der Waals surface area contributed by atoms with E-state index < -0.39 is 46.6 Å². The predicted molar refractivity (Wildman–Crippen MR) is 123 cm³/mol. The van der Waals surface area contributed by atoms with Crippen LogP contribution >= 0.6 is 0 Å². The minimum Gasteiger partial charge on any atom is -0.460 e. The van der Waals surface area contributed by atoms with Gasteiger partial charge in [-0.2, -0.15) is 4.72 Å². The monoisotopic (exact) mass is 493 g/mol. The van der Waals surface area contributed by atoms with Crippen LogP contribution in [0.5, 0.6) is 0 Å². The maximum Gasteiger partial charge on any atom is 0.324 e. The van der Waals surface area contributed by atoms with E-state index in [1.165, 1.54) is 12.1 Å². The number of ether oxygens (including phenoxy) is 2. The van der Waals surface area contributed by atoms with Crippen LogP contribution in [0.4, 0.5) is 0 Å². The van der Waals surface area contributed by atoms with Crippen LogP contribution in [-0.2, 0) is 30.9 Å². The molecule has 1 fully saturated rings. The van der Waals surface area contributed by atoms with Crippen LogP contribution in [0.15, 0.2) is 59.5 Å². The zero-order valence-corrected chi connectivity index (χ0v) is 19.7. The van der Waals surface area contributed by atoms with E-state index >= 15 is 0 Å². The number of aliphatic hydroxyl groups is 3. The molecular weight excluding hydrogens is 462 g/mol. The van der Waals surface area contributed by atoms with Crippen molar-refractivity contribution in [3.63, 3.8) is 0 Å². The van der Waals surface area contributed by atoms with E-state index in [0.717, 1.165) is 11.1 Å². The van der Waals surface area contributed by atoms with Crippen LogP contribution in [-0.4, -0.2) is 60.4 Å². The van der Waals surface area contributed by atoms with Gasteiger partial charge in [0.05, 0.1) is 11.0 Å². The molecule has 9 nitrogen and oxygen atoms in total. The summed E-state index contributed by atoms with van der Waals surface area (Å²) in [6.07, 6.45) is -3.39. The Bertz CT molecular complexity index is 1030. The average Bonchev–Trinajstić information content (AvgIpc) is 3.06. The van der Waals surface area contributed by atoms with E-state index in [4.69, 9.17) is 9.47 Å². The van der Waals surface area contributed by atoms with Crippen LogP contribution in [0, 0.1) is 6.92 Å². The first-order valence-corrected chi connectivity index (χ1v) is 12.6. The molecule has 4 N–H and O–H groups in total. The first-order valence-electron chi connectivity index (χ1n) is 11.2. The molecule has 0 saturated carbocycles. The summed E-state index contributed by atoms with van der Waals surface area (Å²) < 4.78 is 38.7. The van der Waals surface area contributed by atoms with Gasteiger partial charge >= 0.3 is 5.97 Å². The number of benzene rings is 2. The molecule has 2 aromatic rings. The molecule has 0 aromatic heterocycles. The van der Waals surface area contributed by atoms with Gasteiger partial charge in [-0.25, -0.2) is 8.42 Å². The van der Waals surface area contributed by atoms with Gasteiger partial charge in [0.2, 0.25) is 10.0 Å². The smallest absolute Gasteiger partial charge is 0.324 e.